The van der Waals surface area contributed by atoms with Crippen molar-refractivity contribution in [3.05, 3.63) is 35.0 Å². The zero-order valence-corrected chi connectivity index (χ0v) is 8.71. The van der Waals surface area contributed by atoms with Crippen molar-refractivity contribution in [2.24, 2.45) is 5.73 Å². The Morgan fingerprint density at radius 3 is 2.86 bits per heavy atom. The van der Waals surface area contributed by atoms with Crippen LogP contribution in [0.1, 0.15) is 10.6 Å². The van der Waals surface area contributed by atoms with Crippen molar-refractivity contribution < 1.29 is 0 Å². The highest BCUT2D eigenvalue weighted by Gasteiger charge is 2.03. The number of aryl methyl sites for hydroxylation is 1. The van der Waals surface area contributed by atoms with Gasteiger partial charge in [0.2, 0.25) is 0 Å². The summed E-state index contributed by atoms with van der Waals surface area (Å²) < 4.78 is 0. The molecule has 0 radical (unpaired) electrons. The van der Waals surface area contributed by atoms with Gasteiger partial charge in [0.05, 0.1) is 10.6 Å². The fourth-order valence-corrected chi connectivity index (χ4v) is 1.99. The third-order valence-electron chi connectivity index (χ3n) is 1.88. The number of hydrogen-bond acceptors (Lipinski definition) is 4. The molecular formula is C10H11N3S. The maximum absolute atomic E-state index is 5.52. The maximum Gasteiger partial charge on any atom is 0.169 e. The van der Waals surface area contributed by atoms with Gasteiger partial charge in [0.1, 0.15) is 0 Å². The van der Waals surface area contributed by atoms with E-state index in [0.29, 0.717) is 6.54 Å². The minimum atomic E-state index is 0.458. The van der Waals surface area contributed by atoms with Crippen molar-refractivity contribution in [3.8, 4) is 10.7 Å². The predicted molar refractivity (Wildman–Crippen MR) is 58.0 cm³/mol. The number of nitrogens with two attached hydrogens (primary N) is 1. The Morgan fingerprint density at radius 1 is 1.36 bits per heavy atom. The molecule has 0 aliphatic carbocycles. The van der Waals surface area contributed by atoms with Crippen LogP contribution in [0.5, 0.6) is 0 Å². The maximum atomic E-state index is 5.52. The van der Waals surface area contributed by atoms with Crippen LogP contribution in [0.15, 0.2) is 24.4 Å². The third kappa shape index (κ3) is 1.81. The van der Waals surface area contributed by atoms with Gasteiger partial charge in [-0.25, -0.2) is 9.97 Å². The molecule has 14 heavy (non-hydrogen) atoms. The lowest BCUT2D eigenvalue weighted by molar-refractivity contribution is 0.971. The van der Waals surface area contributed by atoms with E-state index >= 15 is 0 Å². The monoisotopic (exact) mass is 205 g/mol. The topological polar surface area (TPSA) is 51.8 Å². The largest absolute Gasteiger partial charge is 0.325 e. The van der Waals surface area contributed by atoms with Crippen LogP contribution in [0.25, 0.3) is 10.7 Å². The van der Waals surface area contributed by atoms with E-state index < -0.39 is 0 Å². The second kappa shape index (κ2) is 3.86. The van der Waals surface area contributed by atoms with Gasteiger partial charge < -0.3 is 5.73 Å². The predicted octanol–water partition coefficient (Wildman–Crippen LogP) is 1.97. The molecular weight excluding hydrogens is 194 g/mol. The highest BCUT2D eigenvalue weighted by molar-refractivity contribution is 7.15. The molecule has 0 aliphatic heterocycles. The summed E-state index contributed by atoms with van der Waals surface area (Å²) in [7, 11) is 0. The van der Waals surface area contributed by atoms with Crippen LogP contribution >= 0.6 is 11.3 Å². The molecule has 0 atom stereocenters. The minimum absolute atomic E-state index is 0.458. The Kier molecular flexibility index (Phi) is 2.56. The molecule has 2 heterocycles. The molecule has 0 aromatic carbocycles. The van der Waals surface area contributed by atoms with Crippen molar-refractivity contribution in [2.45, 2.75) is 13.5 Å². The molecule has 4 heteroatoms. The molecule has 0 amide bonds. The molecule has 2 rings (SSSR count). The van der Waals surface area contributed by atoms with E-state index in [1.165, 1.54) is 4.88 Å². The molecule has 2 aromatic heterocycles. The Morgan fingerprint density at radius 2 is 2.21 bits per heavy atom. The summed E-state index contributed by atoms with van der Waals surface area (Å²) in [5.41, 5.74) is 6.39. The Hall–Kier alpha value is -1.26. The van der Waals surface area contributed by atoms with Crippen LogP contribution in [0.2, 0.25) is 0 Å². The number of aromatic nitrogens is 2. The standard InChI is InChI=1S/C10H11N3S/c1-7-2-3-9(14-7)10-12-5-4-8(6-11)13-10/h2-5H,6,11H2,1H3. The zero-order chi connectivity index (χ0) is 9.97. The van der Waals surface area contributed by atoms with Gasteiger partial charge in [-0.05, 0) is 25.1 Å². The number of hydrogen-bond donors (Lipinski definition) is 1. The third-order valence-corrected chi connectivity index (χ3v) is 2.88. The Labute approximate surface area is 86.6 Å². The van der Waals surface area contributed by atoms with Gasteiger partial charge in [0.25, 0.3) is 0 Å². The second-order valence-electron chi connectivity index (χ2n) is 2.99. The summed E-state index contributed by atoms with van der Waals surface area (Å²) in [6.07, 6.45) is 1.75. The zero-order valence-electron chi connectivity index (χ0n) is 7.90. The summed E-state index contributed by atoms with van der Waals surface area (Å²) >= 11 is 1.69. The SMILES string of the molecule is Cc1ccc(-c2nccc(CN)n2)s1. The van der Waals surface area contributed by atoms with Gasteiger partial charge in [0, 0.05) is 17.6 Å². The average molecular weight is 205 g/mol. The van der Waals surface area contributed by atoms with Crippen LogP contribution in [-0.4, -0.2) is 9.97 Å². The fraction of sp³-hybridized carbons (Fsp3) is 0.200. The van der Waals surface area contributed by atoms with Gasteiger partial charge >= 0.3 is 0 Å². The lowest BCUT2D eigenvalue weighted by Gasteiger charge is -1.98. The molecule has 0 aliphatic rings. The first-order valence-electron chi connectivity index (χ1n) is 4.38. The molecule has 2 N–H and O–H groups in total. The van der Waals surface area contributed by atoms with E-state index in [9.17, 15) is 0 Å². The van der Waals surface area contributed by atoms with Crippen LogP contribution in [0, 0.1) is 6.92 Å². The highest BCUT2D eigenvalue weighted by Crippen LogP contribution is 2.24. The molecule has 0 spiro atoms. The Balaban J connectivity index is 2.41. The molecule has 2 aromatic rings. The highest BCUT2D eigenvalue weighted by atomic mass is 32.1. The van der Waals surface area contributed by atoms with Gasteiger partial charge in [-0.2, -0.15) is 0 Å². The first kappa shape index (κ1) is 9.30. The van der Waals surface area contributed by atoms with Crippen molar-refractivity contribution in [1.29, 1.82) is 0 Å². The summed E-state index contributed by atoms with van der Waals surface area (Å²) in [6, 6.07) is 5.94. The van der Waals surface area contributed by atoms with Crippen molar-refractivity contribution in [2.75, 3.05) is 0 Å². The summed E-state index contributed by atoms with van der Waals surface area (Å²) in [5, 5.41) is 0. The van der Waals surface area contributed by atoms with E-state index in [2.05, 4.69) is 23.0 Å². The number of rotatable bonds is 2. The van der Waals surface area contributed by atoms with E-state index in [4.69, 9.17) is 5.73 Å². The molecule has 3 nitrogen and oxygen atoms in total. The number of thiophene rings is 1. The lowest BCUT2D eigenvalue weighted by atomic mass is 10.3. The Bertz CT molecular complexity index is 436. The first-order valence-corrected chi connectivity index (χ1v) is 5.20. The molecule has 72 valence electrons. The quantitative estimate of drug-likeness (QED) is 0.815. The second-order valence-corrected chi connectivity index (χ2v) is 4.27. The van der Waals surface area contributed by atoms with Crippen LogP contribution in [0.4, 0.5) is 0 Å². The first-order chi connectivity index (χ1) is 6.79. The van der Waals surface area contributed by atoms with E-state index in [1.807, 2.05) is 12.1 Å². The van der Waals surface area contributed by atoms with E-state index in [1.54, 1.807) is 17.5 Å². The van der Waals surface area contributed by atoms with Crippen molar-refractivity contribution in [1.82, 2.24) is 9.97 Å². The average Bonchev–Trinajstić information content (AvgIpc) is 2.65. The summed E-state index contributed by atoms with van der Waals surface area (Å²) in [5.74, 6) is 0.769. The van der Waals surface area contributed by atoms with Gasteiger partial charge in [-0.1, -0.05) is 0 Å². The molecule has 0 bridgehead atoms. The van der Waals surface area contributed by atoms with Crippen LogP contribution < -0.4 is 5.73 Å². The van der Waals surface area contributed by atoms with Crippen LogP contribution in [-0.2, 0) is 6.54 Å². The van der Waals surface area contributed by atoms with Crippen molar-refractivity contribution >= 4 is 11.3 Å². The lowest BCUT2D eigenvalue weighted by Crippen LogP contribution is -2.00. The van der Waals surface area contributed by atoms with Crippen molar-refractivity contribution in [3.63, 3.8) is 0 Å². The fourth-order valence-electron chi connectivity index (χ4n) is 1.18. The summed E-state index contributed by atoms with van der Waals surface area (Å²) in [6.45, 7) is 2.53. The molecule has 0 unspecified atom stereocenters. The summed E-state index contributed by atoms with van der Waals surface area (Å²) in [4.78, 5) is 10.9. The molecule has 0 saturated heterocycles. The van der Waals surface area contributed by atoms with Gasteiger partial charge in [-0.3, -0.25) is 0 Å². The smallest absolute Gasteiger partial charge is 0.169 e. The van der Waals surface area contributed by atoms with E-state index in [0.717, 1.165) is 16.4 Å². The minimum Gasteiger partial charge on any atom is -0.325 e. The molecule has 0 fully saturated rings. The number of nitrogens with zero attached hydrogens (tertiary/aromatic N) is 2. The van der Waals surface area contributed by atoms with Crippen LogP contribution in [0.3, 0.4) is 0 Å². The van der Waals surface area contributed by atoms with Gasteiger partial charge in [-0.15, -0.1) is 11.3 Å². The normalized spacial score (nSPS) is 10.4. The van der Waals surface area contributed by atoms with E-state index in [-0.39, 0.29) is 0 Å². The molecule has 0 saturated carbocycles. The van der Waals surface area contributed by atoms with Gasteiger partial charge in [0.15, 0.2) is 5.82 Å².